The Balaban J connectivity index is 2.47. The van der Waals surface area contributed by atoms with Crippen molar-refractivity contribution in [1.82, 2.24) is 5.32 Å². The van der Waals surface area contributed by atoms with Gasteiger partial charge in [-0.3, -0.25) is 0 Å². The Morgan fingerprint density at radius 3 is 2.82 bits per heavy atom. The van der Waals surface area contributed by atoms with E-state index in [0.717, 1.165) is 19.3 Å². The molecule has 0 aromatic rings. The summed E-state index contributed by atoms with van der Waals surface area (Å²) >= 11 is 0. The summed E-state index contributed by atoms with van der Waals surface area (Å²) in [6.07, 6.45) is 3.95. The summed E-state index contributed by atoms with van der Waals surface area (Å²) in [6, 6.07) is 0. The fraction of sp³-hybridized carbons (Fsp3) is 0.923. The maximum absolute atomic E-state index is 11.7. The van der Waals surface area contributed by atoms with Crippen molar-refractivity contribution in [2.45, 2.75) is 52.0 Å². The molecule has 2 atom stereocenters. The lowest BCUT2D eigenvalue weighted by atomic mass is 9.76. The van der Waals surface area contributed by atoms with Crippen molar-refractivity contribution in [2.24, 2.45) is 17.6 Å². The van der Waals surface area contributed by atoms with Crippen LogP contribution in [0.4, 0.5) is 4.79 Å². The normalized spacial score (nSPS) is 29.1. The number of alkyl carbamates (subject to hydrolysis) is 1. The minimum atomic E-state index is -0.321. The average molecular weight is 242 g/mol. The van der Waals surface area contributed by atoms with Gasteiger partial charge < -0.3 is 15.8 Å². The number of nitrogens with two attached hydrogens (primary N) is 1. The molecule has 1 aliphatic carbocycles. The summed E-state index contributed by atoms with van der Waals surface area (Å²) in [4.78, 5) is 11.7. The number of carbonyl (C=O) groups excluding carboxylic acids is 1. The van der Waals surface area contributed by atoms with Gasteiger partial charge in [0, 0.05) is 6.54 Å². The van der Waals surface area contributed by atoms with Crippen molar-refractivity contribution in [1.29, 1.82) is 0 Å². The van der Waals surface area contributed by atoms with Crippen LogP contribution in [-0.2, 0) is 4.74 Å². The van der Waals surface area contributed by atoms with E-state index in [1.165, 1.54) is 6.42 Å². The van der Waals surface area contributed by atoms with Crippen molar-refractivity contribution in [3.8, 4) is 0 Å². The number of hydrogen-bond acceptors (Lipinski definition) is 3. The molecule has 0 bridgehead atoms. The average Bonchev–Trinajstić information content (AvgIpc) is 2.26. The molecule has 0 aliphatic heterocycles. The van der Waals surface area contributed by atoms with Gasteiger partial charge in [-0.25, -0.2) is 4.79 Å². The zero-order valence-corrected chi connectivity index (χ0v) is 11.3. The Bertz CT molecular complexity index is 256. The van der Waals surface area contributed by atoms with Crippen molar-refractivity contribution in [3.05, 3.63) is 0 Å². The van der Waals surface area contributed by atoms with Gasteiger partial charge in [0.15, 0.2) is 0 Å². The minimum Gasteiger partial charge on any atom is -0.449 e. The molecule has 0 saturated heterocycles. The van der Waals surface area contributed by atoms with Gasteiger partial charge in [-0.2, -0.15) is 0 Å². The first-order valence-corrected chi connectivity index (χ1v) is 6.62. The van der Waals surface area contributed by atoms with Crippen LogP contribution in [0.15, 0.2) is 0 Å². The van der Waals surface area contributed by atoms with E-state index in [1.807, 2.05) is 13.8 Å². The highest BCUT2D eigenvalue weighted by atomic mass is 16.5. The van der Waals surface area contributed by atoms with E-state index in [0.29, 0.717) is 25.0 Å². The van der Waals surface area contributed by atoms with Crippen molar-refractivity contribution in [2.75, 3.05) is 13.2 Å². The van der Waals surface area contributed by atoms with E-state index in [-0.39, 0.29) is 11.6 Å². The van der Waals surface area contributed by atoms with E-state index in [2.05, 4.69) is 12.2 Å². The van der Waals surface area contributed by atoms with Crippen LogP contribution >= 0.6 is 0 Å². The smallest absolute Gasteiger partial charge is 0.407 e. The van der Waals surface area contributed by atoms with Crippen LogP contribution in [-0.4, -0.2) is 24.8 Å². The molecule has 0 spiro atoms. The highest BCUT2D eigenvalue weighted by Crippen LogP contribution is 2.31. The summed E-state index contributed by atoms with van der Waals surface area (Å²) in [7, 11) is 0. The zero-order valence-electron chi connectivity index (χ0n) is 11.3. The Labute approximate surface area is 104 Å². The predicted octanol–water partition coefficient (Wildman–Crippen LogP) is 2.28. The molecule has 1 aliphatic rings. The Kier molecular flexibility index (Phi) is 5.25. The topological polar surface area (TPSA) is 64.3 Å². The second-order valence-corrected chi connectivity index (χ2v) is 5.80. The highest BCUT2D eigenvalue weighted by molar-refractivity contribution is 5.68. The van der Waals surface area contributed by atoms with Gasteiger partial charge in [0.1, 0.15) is 0 Å². The van der Waals surface area contributed by atoms with Crippen LogP contribution in [0.2, 0.25) is 0 Å². The number of hydrogen-bond donors (Lipinski definition) is 2. The molecule has 4 nitrogen and oxygen atoms in total. The summed E-state index contributed by atoms with van der Waals surface area (Å²) in [5.74, 6) is 0.984. The van der Waals surface area contributed by atoms with E-state index >= 15 is 0 Å². The van der Waals surface area contributed by atoms with Gasteiger partial charge in [-0.1, -0.05) is 33.6 Å². The molecule has 1 saturated carbocycles. The highest BCUT2D eigenvalue weighted by Gasteiger charge is 2.35. The zero-order chi connectivity index (χ0) is 12.9. The molecule has 0 heterocycles. The summed E-state index contributed by atoms with van der Waals surface area (Å²) in [5.41, 5.74) is 5.59. The molecular formula is C13H26N2O2. The quantitative estimate of drug-likeness (QED) is 0.795. The van der Waals surface area contributed by atoms with Crippen LogP contribution in [0.25, 0.3) is 0 Å². The SMILES string of the molecule is CC(C)COC(=O)NC1(CN)CCCC(C)C1. The molecule has 2 unspecified atom stereocenters. The van der Waals surface area contributed by atoms with Crippen molar-refractivity contribution >= 4 is 6.09 Å². The summed E-state index contributed by atoms with van der Waals surface area (Å²) < 4.78 is 5.16. The van der Waals surface area contributed by atoms with Gasteiger partial charge in [0.2, 0.25) is 0 Å². The van der Waals surface area contributed by atoms with E-state index < -0.39 is 0 Å². The van der Waals surface area contributed by atoms with Crippen molar-refractivity contribution < 1.29 is 9.53 Å². The molecule has 0 aromatic carbocycles. The molecule has 0 aromatic heterocycles. The molecule has 1 fully saturated rings. The van der Waals surface area contributed by atoms with E-state index in [4.69, 9.17) is 10.5 Å². The van der Waals surface area contributed by atoms with Crippen LogP contribution in [0, 0.1) is 11.8 Å². The monoisotopic (exact) mass is 242 g/mol. The first-order chi connectivity index (χ1) is 7.97. The second kappa shape index (κ2) is 6.24. The lowest BCUT2D eigenvalue weighted by Crippen LogP contribution is -2.56. The van der Waals surface area contributed by atoms with Crippen LogP contribution in [0.3, 0.4) is 0 Å². The number of amides is 1. The molecular weight excluding hydrogens is 216 g/mol. The van der Waals surface area contributed by atoms with Gasteiger partial charge in [-0.05, 0) is 24.7 Å². The Morgan fingerprint density at radius 1 is 1.59 bits per heavy atom. The molecule has 3 N–H and O–H groups in total. The molecule has 0 radical (unpaired) electrons. The third kappa shape index (κ3) is 4.54. The molecule has 17 heavy (non-hydrogen) atoms. The van der Waals surface area contributed by atoms with Gasteiger partial charge in [0.25, 0.3) is 0 Å². The largest absolute Gasteiger partial charge is 0.449 e. The van der Waals surface area contributed by atoms with Gasteiger partial charge in [-0.15, -0.1) is 0 Å². The third-order valence-corrected chi connectivity index (χ3v) is 3.40. The Hall–Kier alpha value is -0.770. The molecule has 4 heteroatoms. The molecule has 1 amide bonds. The first kappa shape index (κ1) is 14.3. The van der Waals surface area contributed by atoms with Crippen molar-refractivity contribution in [3.63, 3.8) is 0 Å². The van der Waals surface area contributed by atoms with Crippen LogP contribution in [0.5, 0.6) is 0 Å². The third-order valence-electron chi connectivity index (χ3n) is 3.40. The lowest BCUT2D eigenvalue weighted by Gasteiger charge is -2.39. The number of nitrogens with one attached hydrogen (secondary N) is 1. The lowest BCUT2D eigenvalue weighted by molar-refractivity contribution is 0.108. The van der Waals surface area contributed by atoms with Gasteiger partial charge in [0.05, 0.1) is 12.1 Å². The maximum Gasteiger partial charge on any atom is 0.407 e. The number of carbonyl (C=O) groups is 1. The van der Waals surface area contributed by atoms with Gasteiger partial charge >= 0.3 is 6.09 Å². The summed E-state index contributed by atoms with van der Waals surface area (Å²) in [6.45, 7) is 7.21. The standard InChI is InChI=1S/C13H26N2O2/c1-10(2)8-17-12(16)15-13(9-14)6-4-5-11(3)7-13/h10-11H,4-9,14H2,1-3H3,(H,15,16). The summed E-state index contributed by atoms with van der Waals surface area (Å²) in [5, 5.41) is 2.98. The maximum atomic E-state index is 11.7. The van der Waals surface area contributed by atoms with E-state index in [9.17, 15) is 4.79 Å². The fourth-order valence-electron chi connectivity index (χ4n) is 2.50. The fourth-order valence-corrected chi connectivity index (χ4v) is 2.50. The number of rotatable bonds is 4. The predicted molar refractivity (Wildman–Crippen MR) is 68.7 cm³/mol. The van der Waals surface area contributed by atoms with Crippen LogP contribution in [0.1, 0.15) is 46.5 Å². The first-order valence-electron chi connectivity index (χ1n) is 6.62. The second-order valence-electron chi connectivity index (χ2n) is 5.80. The minimum absolute atomic E-state index is 0.244. The van der Waals surface area contributed by atoms with Crippen LogP contribution < -0.4 is 11.1 Å². The molecule has 1 rings (SSSR count). The number of ether oxygens (including phenoxy) is 1. The molecule has 100 valence electrons. The van der Waals surface area contributed by atoms with E-state index in [1.54, 1.807) is 0 Å². The Morgan fingerprint density at radius 2 is 2.29 bits per heavy atom.